The first kappa shape index (κ1) is 14.6. The van der Waals surface area contributed by atoms with E-state index in [4.69, 9.17) is 0 Å². The fraction of sp³-hybridized carbons (Fsp3) is 0.214. The van der Waals surface area contributed by atoms with E-state index < -0.39 is 0 Å². The number of aromatic nitrogens is 3. The Kier molecular flexibility index (Phi) is 5.33. The molecule has 0 spiro atoms. The van der Waals surface area contributed by atoms with E-state index >= 15 is 0 Å². The van der Waals surface area contributed by atoms with Crippen molar-refractivity contribution >= 4 is 11.8 Å². The number of hydrogen-bond acceptors (Lipinski definition) is 5. The van der Waals surface area contributed by atoms with Crippen LogP contribution in [0.2, 0.25) is 0 Å². The summed E-state index contributed by atoms with van der Waals surface area (Å²) in [6, 6.07) is 3.40. The van der Waals surface area contributed by atoms with Crippen molar-refractivity contribution in [3.8, 4) is 0 Å². The maximum atomic E-state index is 11.7. The Bertz CT molecular complexity index is 535. The van der Waals surface area contributed by atoms with Gasteiger partial charge in [0.05, 0.1) is 11.8 Å². The van der Waals surface area contributed by atoms with Gasteiger partial charge in [0.25, 0.3) is 11.8 Å². The molecule has 7 nitrogen and oxygen atoms in total. The van der Waals surface area contributed by atoms with Gasteiger partial charge in [0.1, 0.15) is 5.69 Å². The molecule has 0 aliphatic heterocycles. The van der Waals surface area contributed by atoms with Crippen molar-refractivity contribution in [2.24, 2.45) is 0 Å². The van der Waals surface area contributed by atoms with Crippen LogP contribution in [-0.4, -0.2) is 39.9 Å². The molecule has 0 unspecified atom stereocenters. The molecule has 2 aromatic heterocycles. The summed E-state index contributed by atoms with van der Waals surface area (Å²) in [7, 11) is 0. The average molecular weight is 285 g/mol. The molecule has 0 aromatic carbocycles. The van der Waals surface area contributed by atoms with Crippen LogP contribution in [0.15, 0.2) is 43.1 Å². The monoisotopic (exact) mass is 285 g/mol. The van der Waals surface area contributed by atoms with Gasteiger partial charge in [0, 0.05) is 37.9 Å². The van der Waals surface area contributed by atoms with Crippen molar-refractivity contribution < 1.29 is 9.59 Å². The lowest BCUT2D eigenvalue weighted by atomic mass is 10.2. The first-order valence-corrected chi connectivity index (χ1v) is 6.50. The van der Waals surface area contributed by atoms with Crippen LogP contribution in [0.25, 0.3) is 0 Å². The molecule has 0 aliphatic rings. The predicted molar refractivity (Wildman–Crippen MR) is 75.6 cm³/mol. The lowest BCUT2D eigenvalue weighted by Crippen LogP contribution is -2.30. The zero-order valence-corrected chi connectivity index (χ0v) is 11.3. The van der Waals surface area contributed by atoms with Crippen LogP contribution in [0.4, 0.5) is 0 Å². The molecule has 2 amide bonds. The summed E-state index contributed by atoms with van der Waals surface area (Å²) < 4.78 is 0. The summed E-state index contributed by atoms with van der Waals surface area (Å²) in [6.07, 6.45) is 8.11. The molecular weight excluding hydrogens is 270 g/mol. The van der Waals surface area contributed by atoms with Crippen molar-refractivity contribution in [1.82, 2.24) is 25.6 Å². The van der Waals surface area contributed by atoms with Gasteiger partial charge in [-0.2, -0.15) is 0 Å². The molecule has 2 heterocycles. The molecule has 0 saturated carbocycles. The quantitative estimate of drug-likeness (QED) is 0.750. The lowest BCUT2D eigenvalue weighted by Gasteiger charge is -2.06. The largest absolute Gasteiger partial charge is 0.352 e. The number of hydrogen-bond donors (Lipinski definition) is 2. The molecule has 0 saturated heterocycles. The molecule has 2 N–H and O–H groups in total. The minimum atomic E-state index is -0.276. The number of carbonyl (C=O) groups excluding carboxylic acids is 2. The number of carbonyl (C=O) groups is 2. The SMILES string of the molecule is O=C(NCCCNC(=O)c1cnccn1)c1cccnc1. The van der Waals surface area contributed by atoms with E-state index in [1.165, 1.54) is 24.8 Å². The minimum Gasteiger partial charge on any atom is -0.352 e. The molecule has 0 radical (unpaired) electrons. The van der Waals surface area contributed by atoms with Gasteiger partial charge in [-0.1, -0.05) is 0 Å². The average Bonchev–Trinajstić information content (AvgIpc) is 2.55. The number of nitrogens with zero attached hydrogens (tertiary/aromatic N) is 3. The molecule has 0 aliphatic carbocycles. The van der Waals surface area contributed by atoms with Crippen molar-refractivity contribution in [3.63, 3.8) is 0 Å². The van der Waals surface area contributed by atoms with Crippen LogP contribution in [0.5, 0.6) is 0 Å². The molecule has 21 heavy (non-hydrogen) atoms. The third kappa shape index (κ3) is 4.64. The fourth-order valence-electron chi connectivity index (χ4n) is 1.60. The van der Waals surface area contributed by atoms with E-state index in [0.29, 0.717) is 25.1 Å². The highest BCUT2D eigenvalue weighted by atomic mass is 16.2. The van der Waals surface area contributed by atoms with Crippen molar-refractivity contribution in [1.29, 1.82) is 0 Å². The summed E-state index contributed by atoms with van der Waals surface area (Å²) in [5.41, 5.74) is 0.790. The van der Waals surface area contributed by atoms with Gasteiger partial charge in [-0.15, -0.1) is 0 Å². The van der Waals surface area contributed by atoms with Gasteiger partial charge in [0.15, 0.2) is 0 Å². The highest BCUT2D eigenvalue weighted by Gasteiger charge is 2.06. The highest BCUT2D eigenvalue weighted by Crippen LogP contribution is 1.95. The molecule has 0 bridgehead atoms. The summed E-state index contributed by atoms with van der Waals surface area (Å²) in [5.74, 6) is -0.454. The maximum absolute atomic E-state index is 11.7. The Morgan fingerprint density at radius 3 is 2.38 bits per heavy atom. The summed E-state index contributed by atoms with van der Waals surface area (Å²) in [6.45, 7) is 0.914. The zero-order valence-electron chi connectivity index (χ0n) is 11.3. The first-order chi connectivity index (χ1) is 10.3. The Labute approximate surface area is 121 Å². The van der Waals surface area contributed by atoms with E-state index in [1.54, 1.807) is 18.3 Å². The number of amides is 2. The van der Waals surface area contributed by atoms with E-state index in [1.807, 2.05) is 0 Å². The fourth-order valence-corrected chi connectivity index (χ4v) is 1.60. The first-order valence-electron chi connectivity index (χ1n) is 6.50. The Morgan fingerprint density at radius 1 is 0.952 bits per heavy atom. The topological polar surface area (TPSA) is 96.9 Å². The van der Waals surface area contributed by atoms with Gasteiger partial charge < -0.3 is 10.6 Å². The van der Waals surface area contributed by atoms with Gasteiger partial charge in [-0.05, 0) is 18.6 Å². The highest BCUT2D eigenvalue weighted by molar-refractivity contribution is 5.93. The second-order valence-corrected chi connectivity index (χ2v) is 4.20. The van der Waals surface area contributed by atoms with Gasteiger partial charge >= 0.3 is 0 Å². The van der Waals surface area contributed by atoms with Crippen LogP contribution >= 0.6 is 0 Å². The van der Waals surface area contributed by atoms with Crippen LogP contribution in [-0.2, 0) is 0 Å². The normalized spacial score (nSPS) is 9.90. The summed E-state index contributed by atoms with van der Waals surface area (Å²) >= 11 is 0. The van der Waals surface area contributed by atoms with Gasteiger partial charge in [0.2, 0.25) is 0 Å². The molecule has 7 heteroatoms. The maximum Gasteiger partial charge on any atom is 0.271 e. The third-order valence-electron chi connectivity index (χ3n) is 2.64. The van der Waals surface area contributed by atoms with E-state index in [2.05, 4.69) is 25.6 Å². The number of rotatable bonds is 6. The standard InChI is InChI=1S/C14H15N5O2/c20-13(11-3-1-4-15-9-11)18-5-2-6-19-14(21)12-10-16-7-8-17-12/h1,3-4,7-10H,2,5-6H2,(H,18,20)(H,19,21). The summed E-state index contributed by atoms with van der Waals surface area (Å²) in [5, 5.41) is 5.46. The van der Waals surface area contributed by atoms with Crippen molar-refractivity contribution in [2.75, 3.05) is 13.1 Å². The molecular formula is C14H15N5O2. The minimum absolute atomic E-state index is 0.177. The van der Waals surface area contributed by atoms with Crippen LogP contribution in [0.3, 0.4) is 0 Å². The van der Waals surface area contributed by atoms with Gasteiger partial charge in [-0.25, -0.2) is 4.98 Å². The molecule has 108 valence electrons. The third-order valence-corrected chi connectivity index (χ3v) is 2.64. The summed E-state index contributed by atoms with van der Waals surface area (Å²) in [4.78, 5) is 35.0. The molecule has 2 rings (SSSR count). The second kappa shape index (κ2) is 7.68. The van der Waals surface area contributed by atoms with Crippen LogP contribution in [0, 0.1) is 0 Å². The van der Waals surface area contributed by atoms with Crippen molar-refractivity contribution in [3.05, 3.63) is 54.4 Å². The molecule has 0 atom stereocenters. The van der Waals surface area contributed by atoms with E-state index in [-0.39, 0.29) is 17.5 Å². The smallest absolute Gasteiger partial charge is 0.271 e. The number of pyridine rings is 1. The van der Waals surface area contributed by atoms with Crippen LogP contribution < -0.4 is 10.6 Å². The second-order valence-electron chi connectivity index (χ2n) is 4.20. The Hall–Kier alpha value is -2.83. The Balaban J connectivity index is 1.64. The van der Waals surface area contributed by atoms with Gasteiger partial charge in [-0.3, -0.25) is 19.6 Å². The lowest BCUT2D eigenvalue weighted by molar-refractivity contribution is 0.0947. The zero-order chi connectivity index (χ0) is 14.9. The van der Waals surface area contributed by atoms with E-state index in [0.717, 1.165) is 0 Å². The Morgan fingerprint density at radius 2 is 1.71 bits per heavy atom. The predicted octanol–water partition coefficient (Wildman–Crippen LogP) is 0.421. The van der Waals surface area contributed by atoms with E-state index in [9.17, 15) is 9.59 Å². The van der Waals surface area contributed by atoms with Crippen molar-refractivity contribution in [2.45, 2.75) is 6.42 Å². The molecule has 2 aromatic rings. The number of nitrogens with one attached hydrogen (secondary N) is 2. The molecule has 0 fully saturated rings. The van der Waals surface area contributed by atoms with Crippen LogP contribution in [0.1, 0.15) is 27.3 Å².